The molecule has 1 aliphatic rings. The molecule has 0 amide bonds. The van der Waals surface area contributed by atoms with Gasteiger partial charge in [0.25, 0.3) is 5.56 Å². The van der Waals surface area contributed by atoms with E-state index in [1.165, 1.54) is 24.1 Å². The Bertz CT molecular complexity index is 1490. The molecule has 0 radical (unpaired) electrons. The van der Waals surface area contributed by atoms with E-state index in [1.807, 2.05) is 18.3 Å². The number of hydrogen-bond acceptors (Lipinski definition) is 9. The van der Waals surface area contributed by atoms with Crippen molar-refractivity contribution in [3.8, 4) is 11.5 Å². The van der Waals surface area contributed by atoms with Gasteiger partial charge >= 0.3 is 0 Å². The van der Waals surface area contributed by atoms with E-state index in [0.717, 1.165) is 18.4 Å². The van der Waals surface area contributed by atoms with Gasteiger partial charge < -0.3 is 34.8 Å². The number of nitrogens with two attached hydrogens (primary N) is 1. The maximum Gasteiger partial charge on any atom is 0.274 e. The Hall–Kier alpha value is -4.38. The number of imidazole rings is 1. The topological polar surface area (TPSA) is 142 Å². The van der Waals surface area contributed by atoms with E-state index in [4.69, 9.17) is 15.2 Å². The first-order valence-corrected chi connectivity index (χ1v) is 11.6. The summed E-state index contributed by atoms with van der Waals surface area (Å²) in [6.07, 6.45) is 8.48. The SMILES string of the molecule is COc1c(OC(=CN)c2ccccn2)cnc2nc(Nc3cc(C4CC4)cn(CCO)c3=O)n(C)c12. The standard InChI is InChI=1S/C25H27N7O4/c1-31-21-22(35-2)20(36-19(12-26)17-5-3-4-8-27-17)13-28-23(21)30-25(31)29-18-11-16(15-6-7-15)14-32(9-10-33)24(18)34/h3-5,8,11-15,33H,6-7,9-10,26H2,1-2H3,(H,28,29,30). The number of aromatic nitrogens is 5. The molecule has 0 aliphatic heterocycles. The fourth-order valence-corrected chi connectivity index (χ4v) is 4.09. The third kappa shape index (κ3) is 4.36. The average molecular weight is 490 g/mol. The zero-order chi connectivity index (χ0) is 25.2. The van der Waals surface area contributed by atoms with Crippen molar-refractivity contribution >= 4 is 28.6 Å². The molecule has 0 saturated heterocycles. The normalized spacial score (nSPS) is 13.7. The second kappa shape index (κ2) is 9.70. The quantitative estimate of drug-likeness (QED) is 0.302. The fourth-order valence-electron chi connectivity index (χ4n) is 4.09. The Balaban J connectivity index is 1.53. The minimum absolute atomic E-state index is 0.124. The van der Waals surface area contributed by atoms with Crippen molar-refractivity contribution in [1.82, 2.24) is 24.1 Å². The van der Waals surface area contributed by atoms with Gasteiger partial charge in [-0.1, -0.05) is 6.07 Å². The van der Waals surface area contributed by atoms with Gasteiger partial charge in [0.15, 0.2) is 22.9 Å². The van der Waals surface area contributed by atoms with E-state index in [0.29, 0.717) is 51.7 Å². The lowest BCUT2D eigenvalue weighted by atomic mass is 10.2. The molecule has 4 aromatic rings. The average Bonchev–Trinajstić information content (AvgIpc) is 3.70. The number of aryl methyl sites for hydroxylation is 1. The highest BCUT2D eigenvalue weighted by molar-refractivity contribution is 5.85. The summed E-state index contributed by atoms with van der Waals surface area (Å²) in [6, 6.07) is 7.27. The number of aliphatic hydroxyl groups excluding tert-OH is 1. The van der Waals surface area contributed by atoms with Gasteiger partial charge in [-0.05, 0) is 42.5 Å². The third-order valence-electron chi connectivity index (χ3n) is 6.06. The van der Waals surface area contributed by atoms with Gasteiger partial charge in [0.05, 0.1) is 19.9 Å². The van der Waals surface area contributed by atoms with Gasteiger partial charge in [-0.2, -0.15) is 4.98 Å². The van der Waals surface area contributed by atoms with Crippen LogP contribution in [0.3, 0.4) is 0 Å². The molecule has 36 heavy (non-hydrogen) atoms. The number of hydrogen-bond donors (Lipinski definition) is 3. The highest BCUT2D eigenvalue weighted by atomic mass is 16.5. The minimum atomic E-state index is -0.238. The van der Waals surface area contributed by atoms with Crippen molar-refractivity contribution in [1.29, 1.82) is 0 Å². The van der Waals surface area contributed by atoms with Gasteiger partial charge in [-0.3, -0.25) is 9.78 Å². The van der Waals surface area contributed by atoms with Crippen LogP contribution in [0.5, 0.6) is 11.5 Å². The summed E-state index contributed by atoms with van der Waals surface area (Å²) in [7, 11) is 3.32. The van der Waals surface area contributed by atoms with Crippen LogP contribution in [-0.4, -0.2) is 42.9 Å². The summed E-state index contributed by atoms with van der Waals surface area (Å²) in [5.74, 6) is 1.93. The van der Waals surface area contributed by atoms with Crippen molar-refractivity contribution < 1.29 is 14.6 Å². The lowest BCUT2D eigenvalue weighted by molar-refractivity contribution is 0.274. The first kappa shape index (κ1) is 23.4. The van der Waals surface area contributed by atoms with Crippen LogP contribution in [0, 0.1) is 0 Å². The van der Waals surface area contributed by atoms with Crippen LogP contribution in [0.1, 0.15) is 30.0 Å². The van der Waals surface area contributed by atoms with Crippen molar-refractivity contribution in [2.24, 2.45) is 12.8 Å². The number of nitrogens with one attached hydrogen (secondary N) is 1. The molecule has 4 aromatic heterocycles. The summed E-state index contributed by atoms with van der Waals surface area (Å²) in [6.45, 7) is 0.0986. The number of ether oxygens (including phenoxy) is 2. The molecule has 4 heterocycles. The maximum atomic E-state index is 13.0. The zero-order valence-electron chi connectivity index (χ0n) is 20.0. The largest absolute Gasteiger partial charge is 0.491 e. The molecule has 4 N–H and O–H groups in total. The number of anilines is 2. The Kier molecular flexibility index (Phi) is 6.30. The van der Waals surface area contributed by atoms with E-state index in [9.17, 15) is 9.90 Å². The molecule has 0 aromatic carbocycles. The monoisotopic (exact) mass is 489 g/mol. The van der Waals surface area contributed by atoms with Crippen LogP contribution in [0.25, 0.3) is 16.9 Å². The second-order valence-corrected chi connectivity index (χ2v) is 8.48. The molecule has 186 valence electrons. The Morgan fingerprint density at radius 3 is 2.83 bits per heavy atom. The van der Waals surface area contributed by atoms with Gasteiger partial charge in [-0.15, -0.1) is 0 Å². The molecule has 5 rings (SSSR count). The summed E-state index contributed by atoms with van der Waals surface area (Å²) in [5, 5.41) is 12.6. The molecule has 11 heteroatoms. The Morgan fingerprint density at radius 1 is 1.33 bits per heavy atom. The van der Waals surface area contributed by atoms with Crippen LogP contribution in [0.4, 0.5) is 11.6 Å². The van der Waals surface area contributed by atoms with Crippen molar-refractivity contribution in [3.63, 3.8) is 0 Å². The smallest absolute Gasteiger partial charge is 0.274 e. The molecule has 0 atom stereocenters. The summed E-state index contributed by atoms with van der Waals surface area (Å²) in [4.78, 5) is 26.3. The maximum absolute atomic E-state index is 13.0. The lowest BCUT2D eigenvalue weighted by Crippen LogP contribution is -2.24. The van der Waals surface area contributed by atoms with Gasteiger partial charge in [0, 0.05) is 32.2 Å². The van der Waals surface area contributed by atoms with Gasteiger partial charge in [0.2, 0.25) is 5.95 Å². The highest BCUT2D eigenvalue weighted by Crippen LogP contribution is 2.41. The van der Waals surface area contributed by atoms with Crippen LogP contribution >= 0.6 is 0 Å². The molecule has 1 fully saturated rings. The van der Waals surface area contributed by atoms with E-state index >= 15 is 0 Å². The molecule has 0 spiro atoms. The van der Waals surface area contributed by atoms with Crippen LogP contribution in [-0.2, 0) is 13.6 Å². The Labute approximate surface area is 206 Å². The fraction of sp³-hybridized carbons (Fsp3) is 0.280. The van der Waals surface area contributed by atoms with Crippen molar-refractivity contribution in [2.75, 3.05) is 19.0 Å². The van der Waals surface area contributed by atoms with Gasteiger partial charge in [-0.25, -0.2) is 4.98 Å². The van der Waals surface area contributed by atoms with E-state index in [-0.39, 0.29) is 18.7 Å². The number of aliphatic hydroxyl groups is 1. The Morgan fingerprint density at radius 2 is 2.17 bits per heavy atom. The zero-order valence-corrected chi connectivity index (χ0v) is 20.0. The van der Waals surface area contributed by atoms with Crippen LogP contribution in [0.2, 0.25) is 0 Å². The van der Waals surface area contributed by atoms with E-state index in [1.54, 1.807) is 29.9 Å². The number of rotatable bonds is 9. The number of methoxy groups -OCH3 is 1. The van der Waals surface area contributed by atoms with Crippen LogP contribution < -0.4 is 26.1 Å². The second-order valence-electron chi connectivity index (χ2n) is 8.48. The first-order chi connectivity index (χ1) is 17.5. The van der Waals surface area contributed by atoms with Crippen molar-refractivity contribution in [3.05, 3.63) is 70.7 Å². The molecule has 1 aliphatic carbocycles. The molecule has 0 unspecified atom stereocenters. The summed E-state index contributed by atoms with van der Waals surface area (Å²) in [5.41, 5.74) is 8.55. The predicted octanol–water partition coefficient (Wildman–Crippen LogP) is 2.48. The summed E-state index contributed by atoms with van der Waals surface area (Å²) >= 11 is 0. The molecule has 11 nitrogen and oxygen atoms in total. The predicted molar refractivity (Wildman–Crippen MR) is 135 cm³/mol. The number of nitrogens with zero attached hydrogens (tertiary/aromatic N) is 5. The van der Waals surface area contributed by atoms with E-state index < -0.39 is 0 Å². The number of pyridine rings is 3. The van der Waals surface area contributed by atoms with E-state index in [2.05, 4.69) is 20.3 Å². The van der Waals surface area contributed by atoms with Gasteiger partial charge in [0.1, 0.15) is 16.9 Å². The molecular formula is C25H27N7O4. The van der Waals surface area contributed by atoms with Crippen LogP contribution in [0.15, 0.2) is 53.9 Å². The molecular weight excluding hydrogens is 462 g/mol. The lowest BCUT2D eigenvalue weighted by Gasteiger charge is -2.14. The third-order valence-corrected chi connectivity index (χ3v) is 6.06. The van der Waals surface area contributed by atoms with Crippen molar-refractivity contribution in [2.45, 2.75) is 25.3 Å². The first-order valence-electron chi connectivity index (χ1n) is 11.6. The minimum Gasteiger partial charge on any atom is -0.491 e. The molecule has 0 bridgehead atoms. The highest BCUT2D eigenvalue weighted by Gasteiger charge is 2.26. The summed E-state index contributed by atoms with van der Waals surface area (Å²) < 4.78 is 15.0. The molecule has 1 saturated carbocycles. The number of fused-ring (bicyclic) bond motifs is 1.